The van der Waals surface area contributed by atoms with Gasteiger partial charge in [-0.1, -0.05) is 38.5 Å². The minimum absolute atomic E-state index is 0.0467. The lowest BCUT2D eigenvalue weighted by atomic mass is 9.72. The Kier molecular flexibility index (Phi) is 7.60. The van der Waals surface area contributed by atoms with Crippen LogP contribution >= 0.6 is 0 Å². The number of sulfone groups is 1. The van der Waals surface area contributed by atoms with Gasteiger partial charge in [0.2, 0.25) is 0 Å². The molecule has 156 valence electrons. The Bertz CT molecular complexity index is 795. The summed E-state index contributed by atoms with van der Waals surface area (Å²) < 4.78 is 24.6. The van der Waals surface area contributed by atoms with Crippen LogP contribution in [0.15, 0.2) is 12.1 Å². The zero-order valence-electron chi connectivity index (χ0n) is 17.9. The van der Waals surface area contributed by atoms with Gasteiger partial charge in [0.1, 0.15) is 17.5 Å². The van der Waals surface area contributed by atoms with Gasteiger partial charge in [-0.25, -0.2) is 8.42 Å². The monoisotopic (exact) mass is 406 g/mol. The molecule has 1 aromatic rings. The van der Waals surface area contributed by atoms with Gasteiger partial charge in [0, 0.05) is 12.8 Å². The van der Waals surface area contributed by atoms with Crippen molar-refractivity contribution in [3.8, 4) is 0 Å². The second kappa shape index (κ2) is 9.34. The summed E-state index contributed by atoms with van der Waals surface area (Å²) in [5, 5.41) is -0.508. The number of Topliss-reactive ketones (excluding diaryl/α,β-unsaturated/α-hetero) is 2. The number of carbonyl (C=O) groups is 2. The number of aryl methyl sites for hydroxylation is 3. The van der Waals surface area contributed by atoms with E-state index in [0.717, 1.165) is 35.1 Å². The molecule has 1 saturated carbocycles. The van der Waals surface area contributed by atoms with E-state index in [0.29, 0.717) is 25.7 Å². The van der Waals surface area contributed by atoms with E-state index in [2.05, 4.69) is 26.0 Å². The average Bonchev–Trinajstić information content (AvgIpc) is 2.61. The Morgan fingerprint density at radius 3 is 1.93 bits per heavy atom. The Balaban J connectivity index is 2.26. The number of hydrogen-bond donors (Lipinski definition) is 0. The van der Waals surface area contributed by atoms with Crippen LogP contribution in [0, 0.1) is 12.8 Å². The lowest BCUT2D eigenvalue weighted by molar-refractivity contribution is -0.133. The normalized spacial score (nSPS) is 21.8. The van der Waals surface area contributed by atoms with Crippen molar-refractivity contribution >= 4 is 21.4 Å². The third-order valence-corrected chi connectivity index (χ3v) is 8.33. The first-order valence-electron chi connectivity index (χ1n) is 10.5. The molecule has 0 heterocycles. The molecule has 0 amide bonds. The van der Waals surface area contributed by atoms with Gasteiger partial charge in [0.15, 0.2) is 9.84 Å². The maximum absolute atomic E-state index is 13.0. The summed E-state index contributed by atoms with van der Waals surface area (Å²) in [4.78, 5) is 26.0. The van der Waals surface area contributed by atoms with Crippen molar-refractivity contribution < 1.29 is 18.0 Å². The molecule has 28 heavy (non-hydrogen) atoms. The van der Waals surface area contributed by atoms with Crippen LogP contribution in [-0.4, -0.2) is 31.0 Å². The molecule has 1 aliphatic carbocycles. The van der Waals surface area contributed by atoms with E-state index in [9.17, 15) is 18.0 Å². The van der Waals surface area contributed by atoms with Gasteiger partial charge in [-0.05, 0) is 62.1 Å². The van der Waals surface area contributed by atoms with E-state index < -0.39 is 21.0 Å². The number of ketones is 2. The molecular formula is C23H34O4S. The van der Waals surface area contributed by atoms with E-state index >= 15 is 0 Å². The Morgan fingerprint density at radius 1 is 1.00 bits per heavy atom. The van der Waals surface area contributed by atoms with Crippen molar-refractivity contribution in [3.63, 3.8) is 0 Å². The molecule has 1 aromatic carbocycles. The molecule has 1 fully saturated rings. The fourth-order valence-electron chi connectivity index (χ4n) is 4.56. The molecule has 0 aromatic heterocycles. The van der Waals surface area contributed by atoms with Gasteiger partial charge in [0.05, 0.1) is 11.0 Å². The maximum Gasteiger partial charge on any atom is 0.152 e. The van der Waals surface area contributed by atoms with E-state index in [1.807, 2.05) is 13.8 Å². The molecule has 1 atom stereocenters. The Labute approximate surface area is 170 Å². The van der Waals surface area contributed by atoms with Crippen LogP contribution in [0.2, 0.25) is 0 Å². The van der Waals surface area contributed by atoms with Crippen LogP contribution in [0.3, 0.4) is 0 Å². The summed E-state index contributed by atoms with van der Waals surface area (Å²) in [6.45, 7) is 9.70. The lowest BCUT2D eigenvalue weighted by Gasteiger charge is -2.30. The molecule has 4 nitrogen and oxygen atoms in total. The molecule has 0 spiro atoms. The van der Waals surface area contributed by atoms with Gasteiger partial charge in [0.25, 0.3) is 0 Å². The van der Waals surface area contributed by atoms with Gasteiger partial charge in [-0.2, -0.15) is 0 Å². The van der Waals surface area contributed by atoms with Gasteiger partial charge >= 0.3 is 0 Å². The predicted octanol–water partition coefficient (Wildman–Crippen LogP) is 4.36. The molecular weight excluding hydrogens is 372 g/mol. The molecule has 2 rings (SSSR count). The van der Waals surface area contributed by atoms with Crippen molar-refractivity contribution in [3.05, 3.63) is 34.4 Å². The van der Waals surface area contributed by atoms with Crippen LogP contribution in [-0.2, 0) is 32.3 Å². The molecule has 1 unspecified atom stereocenters. The molecule has 0 N–H and O–H groups in total. The van der Waals surface area contributed by atoms with Gasteiger partial charge < -0.3 is 0 Å². The van der Waals surface area contributed by atoms with E-state index in [4.69, 9.17) is 0 Å². The van der Waals surface area contributed by atoms with Crippen LogP contribution in [0.4, 0.5) is 0 Å². The largest absolute Gasteiger partial charge is 0.299 e. The highest BCUT2D eigenvalue weighted by Gasteiger charge is 2.39. The molecule has 1 aliphatic rings. The third-order valence-electron chi connectivity index (χ3n) is 5.94. The minimum atomic E-state index is -3.16. The minimum Gasteiger partial charge on any atom is -0.299 e. The van der Waals surface area contributed by atoms with Gasteiger partial charge in [-0.15, -0.1) is 0 Å². The molecule has 0 radical (unpaired) electrons. The summed E-state index contributed by atoms with van der Waals surface area (Å²) in [6.07, 6.45) is 3.14. The Hall–Kier alpha value is -1.49. The second-order valence-electron chi connectivity index (χ2n) is 8.26. The molecule has 0 saturated heterocycles. The number of benzene rings is 1. The zero-order valence-corrected chi connectivity index (χ0v) is 18.7. The van der Waals surface area contributed by atoms with Crippen molar-refractivity contribution in [1.29, 1.82) is 0 Å². The maximum atomic E-state index is 13.0. The highest BCUT2D eigenvalue weighted by atomic mass is 32.2. The fourth-order valence-corrected chi connectivity index (χ4v) is 6.09. The van der Waals surface area contributed by atoms with Crippen LogP contribution in [0.25, 0.3) is 0 Å². The first-order chi connectivity index (χ1) is 13.1. The topological polar surface area (TPSA) is 68.3 Å². The highest BCUT2D eigenvalue weighted by molar-refractivity contribution is 7.91. The Morgan fingerprint density at radius 2 is 1.50 bits per heavy atom. The van der Waals surface area contributed by atoms with E-state index in [1.165, 1.54) is 0 Å². The summed E-state index contributed by atoms with van der Waals surface area (Å²) in [5.41, 5.74) is 4.23. The first-order valence-corrected chi connectivity index (χ1v) is 12.2. The summed E-state index contributed by atoms with van der Waals surface area (Å²) in [6, 6.07) is 4.17. The van der Waals surface area contributed by atoms with Crippen molar-refractivity contribution in [2.24, 2.45) is 5.92 Å². The fraction of sp³-hybridized carbons (Fsp3) is 0.652. The van der Waals surface area contributed by atoms with Crippen molar-refractivity contribution in [1.82, 2.24) is 0 Å². The van der Waals surface area contributed by atoms with E-state index in [-0.39, 0.29) is 23.2 Å². The smallest absolute Gasteiger partial charge is 0.152 e. The molecule has 5 heteroatoms. The number of rotatable bonds is 8. The van der Waals surface area contributed by atoms with Crippen molar-refractivity contribution in [2.45, 2.75) is 84.3 Å². The second-order valence-corrected chi connectivity index (χ2v) is 10.8. The molecule has 0 bridgehead atoms. The van der Waals surface area contributed by atoms with Crippen LogP contribution in [0.5, 0.6) is 0 Å². The predicted molar refractivity (Wildman–Crippen MR) is 114 cm³/mol. The van der Waals surface area contributed by atoms with Crippen LogP contribution in [0.1, 0.15) is 81.5 Å². The average molecular weight is 407 g/mol. The number of hydrogen-bond acceptors (Lipinski definition) is 4. The van der Waals surface area contributed by atoms with Crippen molar-refractivity contribution in [2.75, 3.05) is 5.75 Å². The lowest BCUT2D eigenvalue weighted by Crippen LogP contribution is -2.35. The standard InChI is InChI=1S/C23H34O4S/c1-6-9-28(26,27)16(5)12-17-13-20(24)23(21(25)14-17)22-18(7-2)10-15(4)11-19(22)8-3/h10-11,16-17,23H,6-9,12-14H2,1-5H3. The summed E-state index contributed by atoms with van der Waals surface area (Å²) >= 11 is 0. The summed E-state index contributed by atoms with van der Waals surface area (Å²) in [7, 11) is -3.16. The first kappa shape index (κ1) is 22.8. The van der Waals surface area contributed by atoms with Crippen LogP contribution < -0.4 is 0 Å². The number of carbonyl (C=O) groups excluding carboxylic acids is 2. The highest BCUT2D eigenvalue weighted by Crippen LogP contribution is 2.37. The molecule has 0 aliphatic heterocycles. The zero-order chi connectivity index (χ0) is 21.1. The van der Waals surface area contributed by atoms with Gasteiger partial charge in [-0.3, -0.25) is 9.59 Å². The quantitative estimate of drug-likeness (QED) is 0.602. The van der Waals surface area contributed by atoms with E-state index in [1.54, 1.807) is 6.92 Å². The SMILES string of the molecule is CCCS(=O)(=O)C(C)CC1CC(=O)C(c2c(CC)cc(C)cc2CC)C(=O)C1. The third kappa shape index (κ3) is 4.91. The summed E-state index contributed by atoms with van der Waals surface area (Å²) in [5.74, 6) is -0.777.